The first kappa shape index (κ1) is 13.9. The Hall–Kier alpha value is -1.20. The van der Waals surface area contributed by atoms with Gasteiger partial charge in [-0.15, -0.1) is 15.7 Å². The van der Waals surface area contributed by atoms with Gasteiger partial charge in [-0.1, -0.05) is 0 Å². The summed E-state index contributed by atoms with van der Waals surface area (Å²) < 4.78 is 40.5. The minimum absolute atomic E-state index is 0.0314. The van der Waals surface area contributed by atoms with E-state index in [4.69, 9.17) is 5.26 Å². The Morgan fingerprint density at radius 3 is 2.76 bits per heavy atom. The van der Waals surface area contributed by atoms with Crippen LogP contribution in [0.3, 0.4) is 0 Å². The molecule has 0 saturated carbocycles. The number of aromatic nitrogens is 1. The Labute approximate surface area is 103 Å². The van der Waals surface area contributed by atoms with E-state index in [1.165, 1.54) is 11.3 Å². The lowest BCUT2D eigenvalue weighted by molar-refractivity contribution is 0.373. The molecule has 8 heteroatoms. The first-order valence-corrected chi connectivity index (χ1v) is 6.70. The summed E-state index contributed by atoms with van der Waals surface area (Å²) >= 11 is 1.29. The van der Waals surface area contributed by atoms with Crippen molar-refractivity contribution in [2.45, 2.75) is 17.7 Å². The van der Waals surface area contributed by atoms with Crippen LogP contribution < -0.4 is 0 Å². The van der Waals surface area contributed by atoms with Gasteiger partial charge < -0.3 is 0 Å². The zero-order valence-corrected chi connectivity index (χ0v) is 10.4. The number of hydrogen-bond donors (Lipinski definition) is 0. The van der Waals surface area contributed by atoms with E-state index in [-0.39, 0.29) is 5.75 Å². The highest BCUT2D eigenvalue weighted by atomic mass is 32.2. The molecular weight excluding hydrogens is 271 g/mol. The number of allylic oxidation sites excluding steroid dienone is 1. The highest BCUT2D eigenvalue weighted by Crippen LogP contribution is 2.19. The van der Waals surface area contributed by atoms with Crippen molar-refractivity contribution >= 4 is 22.0 Å². The Balaban J connectivity index is 2.80. The maximum absolute atomic E-state index is 12.6. The molecule has 1 rings (SSSR count). The summed E-state index contributed by atoms with van der Waals surface area (Å²) in [4.78, 5) is 4.11. The van der Waals surface area contributed by atoms with Gasteiger partial charge in [0, 0.05) is 23.2 Å². The summed E-state index contributed by atoms with van der Waals surface area (Å²) in [6.07, 6.45) is -1.15. The number of rotatable bonds is 4. The molecular formula is C9H8F3N3S2. The quantitative estimate of drug-likeness (QED) is 0.791. The molecule has 1 unspecified atom stereocenters. The van der Waals surface area contributed by atoms with Gasteiger partial charge in [-0.2, -0.15) is 14.0 Å². The summed E-state index contributed by atoms with van der Waals surface area (Å²) in [6.45, 7) is 1.77. The first-order chi connectivity index (χ1) is 8.04. The molecule has 0 N–H and O–H groups in total. The van der Waals surface area contributed by atoms with Crippen LogP contribution in [-0.2, 0) is 10.7 Å². The Morgan fingerprint density at radius 1 is 1.59 bits per heavy atom. The number of nitrogens with zero attached hydrogens (tertiary/aromatic N) is 3. The number of nitriles is 1. The van der Waals surface area contributed by atoms with Gasteiger partial charge in [-0.05, 0) is 17.6 Å². The summed E-state index contributed by atoms with van der Waals surface area (Å²) in [6, 6.07) is 0. The second-order valence-corrected chi connectivity index (χ2v) is 5.75. The molecule has 0 saturated heterocycles. The molecule has 92 valence electrons. The van der Waals surface area contributed by atoms with Gasteiger partial charge in [0.05, 0.1) is 0 Å². The minimum Gasteiger partial charge on any atom is -0.234 e. The monoisotopic (exact) mass is 279 g/mol. The predicted molar refractivity (Wildman–Crippen MR) is 60.4 cm³/mol. The normalized spacial score (nSPS) is 12.2. The van der Waals surface area contributed by atoms with Gasteiger partial charge >= 0.3 is 6.08 Å². The topological polar surface area (TPSA) is 49.0 Å². The SMILES string of the molecule is Cc1csc(/S(CCC(F)=C(F)F)=N\C#N)n1. The van der Waals surface area contributed by atoms with Crippen LogP contribution in [0.1, 0.15) is 12.1 Å². The molecule has 0 aromatic carbocycles. The fourth-order valence-electron chi connectivity index (χ4n) is 0.943. The van der Waals surface area contributed by atoms with Crippen LogP contribution in [0.25, 0.3) is 0 Å². The largest absolute Gasteiger partial charge is 0.301 e. The van der Waals surface area contributed by atoms with Gasteiger partial charge in [0.1, 0.15) is 0 Å². The maximum atomic E-state index is 12.6. The molecule has 0 aliphatic rings. The summed E-state index contributed by atoms with van der Waals surface area (Å²) in [5.41, 5.74) is 0.767. The summed E-state index contributed by atoms with van der Waals surface area (Å²) in [7, 11) is -0.940. The minimum atomic E-state index is -2.32. The fraction of sp³-hybridized carbons (Fsp3) is 0.333. The highest BCUT2D eigenvalue weighted by molar-refractivity contribution is 7.89. The second kappa shape index (κ2) is 6.51. The average molecular weight is 279 g/mol. The third-order valence-electron chi connectivity index (χ3n) is 1.67. The van der Waals surface area contributed by atoms with Crippen molar-refractivity contribution in [2.75, 3.05) is 5.75 Å². The van der Waals surface area contributed by atoms with Crippen LogP contribution in [0.5, 0.6) is 0 Å². The number of hydrogen-bond acceptors (Lipinski definition) is 4. The molecule has 0 fully saturated rings. The molecule has 17 heavy (non-hydrogen) atoms. The van der Waals surface area contributed by atoms with Crippen molar-refractivity contribution in [1.29, 1.82) is 5.26 Å². The summed E-state index contributed by atoms with van der Waals surface area (Å²) in [5.74, 6) is -1.42. The van der Waals surface area contributed by atoms with E-state index in [1.54, 1.807) is 18.5 Å². The Kier molecular flexibility index (Phi) is 5.31. The van der Waals surface area contributed by atoms with E-state index in [2.05, 4.69) is 9.35 Å². The summed E-state index contributed by atoms with van der Waals surface area (Å²) in [5, 5.41) is 10.3. The third kappa shape index (κ3) is 4.28. The molecule has 1 heterocycles. The third-order valence-corrected chi connectivity index (χ3v) is 4.68. The maximum Gasteiger partial charge on any atom is 0.301 e. The molecule has 1 aromatic heterocycles. The lowest BCUT2D eigenvalue weighted by Crippen LogP contribution is -1.98. The van der Waals surface area contributed by atoms with E-state index in [0.717, 1.165) is 5.69 Å². The Bertz CT molecular complexity index is 498. The average Bonchev–Trinajstić information content (AvgIpc) is 2.70. The fourth-order valence-corrected chi connectivity index (χ4v) is 3.48. The van der Waals surface area contributed by atoms with Gasteiger partial charge in [-0.25, -0.2) is 9.37 Å². The molecule has 3 nitrogen and oxygen atoms in total. The lowest BCUT2D eigenvalue weighted by Gasteiger charge is -2.00. The van der Waals surface area contributed by atoms with Gasteiger partial charge in [0.25, 0.3) is 0 Å². The van der Waals surface area contributed by atoms with Crippen molar-refractivity contribution in [2.24, 2.45) is 4.36 Å². The predicted octanol–water partition coefficient (Wildman–Crippen LogP) is 3.56. The van der Waals surface area contributed by atoms with Gasteiger partial charge in [-0.3, -0.25) is 0 Å². The van der Waals surface area contributed by atoms with Crippen LogP contribution in [-0.4, -0.2) is 10.7 Å². The molecule has 1 atom stereocenters. The van der Waals surface area contributed by atoms with Crippen LogP contribution in [0, 0.1) is 18.4 Å². The lowest BCUT2D eigenvalue weighted by atomic mass is 10.4. The van der Waals surface area contributed by atoms with Crippen LogP contribution in [0.4, 0.5) is 13.2 Å². The molecule has 0 radical (unpaired) electrons. The van der Waals surface area contributed by atoms with E-state index >= 15 is 0 Å². The van der Waals surface area contributed by atoms with E-state index < -0.39 is 29.0 Å². The number of halogens is 3. The van der Waals surface area contributed by atoms with Gasteiger partial charge in [0.15, 0.2) is 10.2 Å². The highest BCUT2D eigenvalue weighted by Gasteiger charge is 2.11. The van der Waals surface area contributed by atoms with Crippen molar-refractivity contribution in [3.8, 4) is 6.19 Å². The van der Waals surface area contributed by atoms with Crippen LogP contribution in [0.15, 0.2) is 26.0 Å². The Morgan fingerprint density at radius 2 is 2.29 bits per heavy atom. The smallest absolute Gasteiger partial charge is 0.234 e. The van der Waals surface area contributed by atoms with Crippen LogP contribution >= 0.6 is 11.3 Å². The molecule has 0 spiro atoms. The molecule has 0 aliphatic heterocycles. The molecule has 0 bridgehead atoms. The zero-order valence-electron chi connectivity index (χ0n) is 8.78. The van der Waals surface area contributed by atoms with Crippen molar-refractivity contribution in [3.63, 3.8) is 0 Å². The first-order valence-electron chi connectivity index (χ1n) is 4.47. The van der Waals surface area contributed by atoms with E-state index in [1.807, 2.05) is 0 Å². The van der Waals surface area contributed by atoms with Gasteiger partial charge in [0.2, 0.25) is 6.19 Å². The van der Waals surface area contributed by atoms with Crippen molar-refractivity contribution < 1.29 is 13.2 Å². The van der Waals surface area contributed by atoms with E-state index in [9.17, 15) is 13.2 Å². The standard InChI is InChI=1S/C9H8F3N3S2/c1-6-4-16-9(15-6)17(14-5-13)3-2-7(10)8(11)12/h4H,2-3H2,1H3. The van der Waals surface area contributed by atoms with Crippen LogP contribution in [0.2, 0.25) is 0 Å². The van der Waals surface area contributed by atoms with Crippen molar-refractivity contribution in [1.82, 2.24) is 4.98 Å². The van der Waals surface area contributed by atoms with E-state index in [0.29, 0.717) is 4.34 Å². The number of thiazole rings is 1. The molecule has 1 aromatic rings. The molecule has 0 aliphatic carbocycles. The zero-order chi connectivity index (χ0) is 12.8. The molecule has 0 amide bonds. The number of aryl methyl sites for hydroxylation is 1. The second-order valence-electron chi connectivity index (χ2n) is 2.93. The van der Waals surface area contributed by atoms with Crippen molar-refractivity contribution in [3.05, 3.63) is 23.0 Å².